The molecule has 10 aromatic rings. The van der Waals surface area contributed by atoms with Gasteiger partial charge >= 0.3 is 0 Å². The van der Waals surface area contributed by atoms with E-state index in [2.05, 4.69) is 105 Å². The highest BCUT2D eigenvalue weighted by Gasteiger charge is 2.22. The topological polar surface area (TPSA) is 74.3 Å². The molecule has 4 heterocycles. The van der Waals surface area contributed by atoms with Crippen LogP contribution in [-0.2, 0) is 0 Å². The van der Waals surface area contributed by atoms with Crippen molar-refractivity contribution < 1.29 is 0 Å². The minimum Gasteiger partial charge on any atom is -0.309 e. The maximum atomic E-state index is 4.99. The van der Waals surface area contributed by atoms with Gasteiger partial charge in [0.05, 0.1) is 28.3 Å². The van der Waals surface area contributed by atoms with Gasteiger partial charge in [0.25, 0.3) is 0 Å². The van der Waals surface area contributed by atoms with Crippen LogP contribution in [0.25, 0.3) is 89.3 Å². The van der Waals surface area contributed by atoms with Crippen molar-refractivity contribution in [1.82, 2.24) is 34.1 Å². The number of nitrogens with zero attached hydrogens (tertiary/aromatic N) is 7. The number of hydrogen-bond acceptors (Lipinski definition) is 5. The third kappa shape index (κ3) is 4.41. The van der Waals surface area contributed by atoms with Gasteiger partial charge in [-0.1, -0.05) is 109 Å². The zero-order chi connectivity index (χ0) is 33.0. The van der Waals surface area contributed by atoms with E-state index in [-0.39, 0.29) is 0 Å². The second-order valence-electron chi connectivity index (χ2n) is 12.2. The van der Waals surface area contributed by atoms with E-state index < -0.39 is 0 Å². The molecule has 0 aliphatic rings. The molecule has 4 aromatic heterocycles. The minimum atomic E-state index is 0.602. The van der Waals surface area contributed by atoms with E-state index in [9.17, 15) is 0 Å². The first kappa shape index (κ1) is 28.1. The van der Waals surface area contributed by atoms with Gasteiger partial charge in [-0.2, -0.15) is 0 Å². The molecule has 7 heteroatoms. The lowest BCUT2D eigenvalue weighted by molar-refractivity contribution is 1.07. The van der Waals surface area contributed by atoms with Crippen LogP contribution in [0, 0.1) is 0 Å². The summed E-state index contributed by atoms with van der Waals surface area (Å²) in [6.45, 7) is 0. The quantitative estimate of drug-likeness (QED) is 0.187. The van der Waals surface area contributed by atoms with E-state index in [1.807, 2.05) is 66.9 Å². The van der Waals surface area contributed by atoms with Crippen LogP contribution >= 0.6 is 0 Å². The maximum absolute atomic E-state index is 4.99. The zero-order valence-electron chi connectivity index (χ0n) is 26.7. The molecule has 0 N–H and O–H groups in total. The molecular formula is C43H27N7. The summed E-state index contributed by atoms with van der Waals surface area (Å²) in [7, 11) is 0. The molecule has 7 nitrogen and oxygen atoms in total. The maximum Gasteiger partial charge on any atom is 0.164 e. The normalized spacial score (nSPS) is 11.6. The van der Waals surface area contributed by atoms with E-state index >= 15 is 0 Å². The van der Waals surface area contributed by atoms with Crippen molar-refractivity contribution in [2.24, 2.45) is 0 Å². The molecule has 0 radical (unpaired) electrons. The smallest absolute Gasteiger partial charge is 0.164 e. The Hall–Kier alpha value is -6.99. The molecule has 0 spiro atoms. The fourth-order valence-electron chi connectivity index (χ4n) is 7.14. The Bertz CT molecular complexity index is 2800. The lowest BCUT2D eigenvalue weighted by Gasteiger charge is -2.11. The van der Waals surface area contributed by atoms with Gasteiger partial charge < -0.3 is 9.13 Å². The van der Waals surface area contributed by atoms with Crippen molar-refractivity contribution in [1.29, 1.82) is 0 Å². The number of fused-ring (bicyclic) bond motifs is 7. The predicted octanol–water partition coefficient (Wildman–Crippen LogP) is 9.86. The Morgan fingerprint density at radius 2 is 0.940 bits per heavy atom. The lowest BCUT2D eigenvalue weighted by Crippen LogP contribution is -2.01. The van der Waals surface area contributed by atoms with Crippen LogP contribution in [0.4, 0.5) is 0 Å². The van der Waals surface area contributed by atoms with Crippen LogP contribution in [0.3, 0.4) is 0 Å². The van der Waals surface area contributed by atoms with Gasteiger partial charge in [-0.15, -0.1) is 0 Å². The molecular weight excluding hydrogens is 615 g/mol. The van der Waals surface area contributed by atoms with Crippen molar-refractivity contribution in [2.75, 3.05) is 0 Å². The summed E-state index contributed by atoms with van der Waals surface area (Å²) in [6, 6.07) is 52.0. The lowest BCUT2D eigenvalue weighted by atomic mass is 10.1. The number of benzene rings is 6. The summed E-state index contributed by atoms with van der Waals surface area (Å²) < 4.78 is 4.59. The van der Waals surface area contributed by atoms with Gasteiger partial charge in [0.15, 0.2) is 17.5 Å². The predicted molar refractivity (Wildman–Crippen MR) is 200 cm³/mol. The number of rotatable bonds is 5. The largest absolute Gasteiger partial charge is 0.309 e. The van der Waals surface area contributed by atoms with Crippen molar-refractivity contribution in [2.45, 2.75) is 0 Å². The fourth-order valence-corrected chi connectivity index (χ4v) is 7.14. The van der Waals surface area contributed by atoms with Gasteiger partial charge in [-0.05, 0) is 42.5 Å². The first-order chi connectivity index (χ1) is 24.8. The molecule has 0 saturated carbocycles. The monoisotopic (exact) mass is 641 g/mol. The van der Waals surface area contributed by atoms with Crippen LogP contribution in [0.2, 0.25) is 0 Å². The molecule has 0 unspecified atom stereocenters. The average Bonchev–Trinajstić information content (AvgIpc) is 3.72. The SMILES string of the molecule is c1ccc(-c2nc(-c3ccccc3)nc(-c3cccc(-n4c5cncnc5c5c6c7ccccc7n(-c7ccccc7)c6ccc54)c3)n2)cc1. The van der Waals surface area contributed by atoms with E-state index in [0.717, 1.165) is 66.4 Å². The summed E-state index contributed by atoms with van der Waals surface area (Å²) in [5.41, 5.74) is 9.98. The first-order valence-corrected chi connectivity index (χ1v) is 16.5. The second kappa shape index (κ2) is 11.3. The van der Waals surface area contributed by atoms with Gasteiger partial charge in [-0.25, -0.2) is 24.9 Å². The highest BCUT2D eigenvalue weighted by atomic mass is 15.0. The zero-order valence-corrected chi connectivity index (χ0v) is 26.7. The van der Waals surface area contributed by atoms with E-state index in [1.54, 1.807) is 6.33 Å². The summed E-state index contributed by atoms with van der Waals surface area (Å²) in [6.07, 6.45) is 3.54. The summed E-state index contributed by atoms with van der Waals surface area (Å²) in [5.74, 6) is 1.86. The van der Waals surface area contributed by atoms with Crippen LogP contribution in [0.1, 0.15) is 0 Å². The van der Waals surface area contributed by atoms with E-state index in [0.29, 0.717) is 17.5 Å². The standard InChI is InChI=1S/C43H27N7/c1-4-13-28(14-5-1)41-46-42(29-15-6-2-7-16-29)48-43(47-41)30-17-12-20-32(25-30)50-36-24-23-35-38(39(36)40-37(50)26-44-27-45-40)33-21-10-11-22-34(33)49(35)31-18-8-3-9-19-31/h1-27H. The second-order valence-corrected chi connectivity index (χ2v) is 12.2. The summed E-state index contributed by atoms with van der Waals surface area (Å²) in [4.78, 5) is 24.3. The van der Waals surface area contributed by atoms with Crippen molar-refractivity contribution in [3.8, 4) is 45.5 Å². The van der Waals surface area contributed by atoms with Crippen molar-refractivity contribution in [3.63, 3.8) is 0 Å². The number of aromatic nitrogens is 7. The van der Waals surface area contributed by atoms with Crippen LogP contribution in [0.5, 0.6) is 0 Å². The molecule has 50 heavy (non-hydrogen) atoms. The number of para-hydroxylation sites is 2. The highest BCUT2D eigenvalue weighted by molar-refractivity contribution is 6.28. The van der Waals surface area contributed by atoms with Crippen LogP contribution in [-0.4, -0.2) is 34.1 Å². The van der Waals surface area contributed by atoms with E-state index in [4.69, 9.17) is 19.9 Å². The van der Waals surface area contributed by atoms with Crippen LogP contribution in [0.15, 0.2) is 164 Å². The van der Waals surface area contributed by atoms with Crippen molar-refractivity contribution >= 4 is 43.7 Å². The molecule has 6 aromatic carbocycles. The first-order valence-electron chi connectivity index (χ1n) is 16.5. The van der Waals surface area contributed by atoms with Crippen LogP contribution < -0.4 is 0 Å². The van der Waals surface area contributed by atoms with Gasteiger partial charge in [0, 0.05) is 44.2 Å². The molecule has 10 rings (SSSR count). The highest BCUT2D eigenvalue weighted by Crippen LogP contribution is 2.41. The summed E-state index contributed by atoms with van der Waals surface area (Å²) >= 11 is 0. The molecule has 0 bridgehead atoms. The Morgan fingerprint density at radius 1 is 0.400 bits per heavy atom. The Morgan fingerprint density at radius 3 is 1.64 bits per heavy atom. The third-order valence-corrected chi connectivity index (χ3v) is 9.30. The molecule has 0 atom stereocenters. The summed E-state index contributed by atoms with van der Waals surface area (Å²) in [5, 5.41) is 3.43. The minimum absolute atomic E-state index is 0.602. The fraction of sp³-hybridized carbons (Fsp3) is 0. The molecule has 0 fully saturated rings. The van der Waals surface area contributed by atoms with Gasteiger partial charge in [0.2, 0.25) is 0 Å². The molecule has 0 aliphatic heterocycles. The Labute approximate surface area is 286 Å². The molecule has 0 aliphatic carbocycles. The number of hydrogen-bond donors (Lipinski definition) is 0. The third-order valence-electron chi connectivity index (χ3n) is 9.30. The Kier molecular flexibility index (Phi) is 6.35. The van der Waals surface area contributed by atoms with Crippen molar-refractivity contribution in [3.05, 3.63) is 164 Å². The Balaban J connectivity index is 1.22. The van der Waals surface area contributed by atoms with Gasteiger partial charge in [-0.3, -0.25) is 0 Å². The molecule has 0 saturated heterocycles. The average molecular weight is 642 g/mol. The molecule has 0 amide bonds. The molecule has 234 valence electrons. The van der Waals surface area contributed by atoms with Gasteiger partial charge in [0.1, 0.15) is 11.8 Å². The van der Waals surface area contributed by atoms with E-state index in [1.165, 1.54) is 5.39 Å².